The van der Waals surface area contributed by atoms with Gasteiger partial charge in [-0.05, 0) is 82.2 Å². The van der Waals surface area contributed by atoms with Crippen LogP contribution in [0.1, 0.15) is 52.0 Å². The molecule has 1 aromatic heterocycles. The molecule has 1 aliphatic heterocycles. The maximum atomic E-state index is 12.4. The SMILES string of the molecule is Cc1cc(NCCCCCCSc2ccnc(-c3ccccc3)c2)ccc1N1CCN(C(=O)OC(C)(C)C)CC1. The van der Waals surface area contributed by atoms with Crippen molar-refractivity contribution in [2.24, 2.45) is 0 Å². The van der Waals surface area contributed by atoms with E-state index in [4.69, 9.17) is 4.74 Å². The summed E-state index contributed by atoms with van der Waals surface area (Å²) >= 11 is 1.92. The highest BCUT2D eigenvalue weighted by Gasteiger charge is 2.26. The van der Waals surface area contributed by atoms with Crippen molar-refractivity contribution in [2.75, 3.05) is 48.7 Å². The van der Waals surface area contributed by atoms with Crippen LogP contribution < -0.4 is 10.2 Å². The van der Waals surface area contributed by atoms with Crippen LogP contribution in [0.5, 0.6) is 0 Å². The Hall–Kier alpha value is -3.19. The second-order valence-electron chi connectivity index (χ2n) is 11.4. The van der Waals surface area contributed by atoms with Crippen LogP contribution >= 0.6 is 11.8 Å². The van der Waals surface area contributed by atoms with Crippen LogP contribution in [0.4, 0.5) is 16.2 Å². The summed E-state index contributed by atoms with van der Waals surface area (Å²) in [4.78, 5) is 22.4. The van der Waals surface area contributed by atoms with Crippen molar-refractivity contribution < 1.29 is 9.53 Å². The van der Waals surface area contributed by atoms with Gasteiger partial charge in [0.1, 0.15) is 5.60 Å². The molecule has 214 valence electrons. The van der Waals surface area contributed by atoms with Crippen molar-refractivity contribution in [1.82, 2.24) is 9.88 Å². The Morgan fingerprint density at radius 3 is 2.42 bits per heavy atom. The fourth-order valence-corrected chi connectivity index (χ4v) is 5.78. The molecule has 4 rings (SSSR count). The number of piperazine rings is 1. The molecule has 1 amide bonds. The summed E-state index contributed by atoms with van der Waals surface area (Å²) in [6, 6.07) is 21.3. The Morgan fingerprint density at radius 2 is 1.70 bits per heavy atom. The summed E-state index contributed by atoms with van der Waals surface area (Å²) in [6.07, 6.45) is 6.58. The summed E-state index contributed by atoms with van der Waals surface area (Å²) in [5.74, 6) is 1.14. The van der Waals surface area contributed by atoms with E-state index in [-0.39, 0.29) is 6.09 Å². The normalized spacial score (nSPS) is 13.8. The van der Waals surface area contributed by atoms with Gasteiger partial charge in [0.05, 0.1) is 5.69 Å². The first-order valence-electron chi connectivity index (χ1n) is 14.5. The van der Waals surface area contributed by atoms with E-state index in [0.717, 1.165) is 31.1 Å². The third kappa shape index (κ3) is 9.19. The van der Waals surface area contributed by atoms with Crippen molar-refractivity contribution in [1.29, 1.82) is 0 Å². The van der Waals surface area contributed by atoms with Crippen molar-refractivity contribution >= 4 is 29.2 Å². The zero-order valence-electron chi connectivity index (χ0n) is 24.5. The quantitative estimate of drug-likeness (QED) is 0.190. The Kier molecular flexibility index (Phi) is 10.8. The van der Waals surface area contributed by atoms with Crippen LogP contribution in [0.25, 0.3) is 11.3 Å². The second kappa shape index (κ2) is 14.4. The summed E-state index contributed by atoms with van der Waals surface area (Å²) in [7, 11) is 0. The molecule has 1 N–H and O–H groups in total. The number of nitrogens with zero attached hydrogens (tertiary/aromatic N) is 3. The number of thioether (sulfide) groups is 1. The number of pyridine rings is 1. The number of unbranched alkanes of at least 4 members (excludes halogenated alkanes) is 3. The van der Waals surface area contributed by atoms with Gasteiger partial charge in [-0.1, -0.05) is 43.2 Å². The first kappa shape index (κ1) is 29.8. The minimum atomic E-state index is -0.457. The highest BCUT2D eigenvalue weighted by Crippen LogP contribution is 2.26. The van der Waals surface area contributed by atoms with Crippen molar-refractivity contribution in [3.05, 3.63) is 72.4 Å². The lowest BCUT2D eigenvalue weighted by molar-refractivity contribution is 0.0240. The van der Waals surface area contributed by atoms with Gasteiger partial charge in [0.25, 0.3) is 0 Å². The number of benzene rings is 2. The number of hydrogen-bond acceptors (Lipinski definition) is 6. The molecular weight excluding hydrogens is 516 g/mol. The van der Waals surface area contributed by atoms with Gasteiger partial charge in [-0.25, -0.2) is 4.79 Å². The Balaban J connectivity index is 1.10. The largest absolute Gasteiger partial charge is 0.444 e. The minimum Gasteiger partial charge on any atom is -0.444 e. The molecule has 0 spiro atoms. The van der Waals surface area contributed by atoms with Gasteiger partial charge < -0.3 is 19.9 Å². The standard InChI is InChI=1S/C33H44N4O2S/c1-26-24-28(14-15-31(26)36-19-21-37(22-20-36)32(38)39-33(2,3)4)34-17-10-5-6-11-23-40-29-16-18-35-30(25-29)27-12-8-7-9-13-27/h7-9,12-16,18,24-25,34H,5-6,10-11,17,19-23H2,1-4H3. The molecule has 1 aliphatic rings. The van der Waals surface area contributed by atoms with Crippen LogP contribution in [0.15, 0.2) is 71.8 Å². The van der Waals surface area contributed by atoms with Gasteiger partial charge in [-0.3, -0.25) is 4.98 Å². The molecule has 2 aromatic carbocycles. The molecule has 2 heterocycles. The monoisotopic (exact) mass is 560 g/mol. The lowest BCUT2D eigenvalue weighted by Crippen LogP contribution is -2.50. The predicted molar refractivity (Wildman–Crippen MR) is 169 cm³/mol. The summed E-state index contributed by atoms with van der Waals surface area (Å²) in [5, 5.41) is 3.60. The lowest BCUT2D eigenvalue weighted by Gasteiger charge is -2.37. The number of nitrogens with one attached hydrogen (secondary N) is 1. The average Bonchev–Trinajstić information content (AvgIpc) is 2.94. The molecule has 0 saturated carbocycles. The van der Waals surface area contributed by atoms with E-state index in [0.29, 0.717) is 13.1 Å². The Bertz CT molecular complexity index is 1220. The van der Waals surface area contributed by atoms with Gasteiger partial charge in [0, 0.05) is 60.8 Å². The molecule has 0 bridgehead atoms. The lowest BCUT2D eigenvalue weighted by atomic mass is 10.1. The number of amides is 1. The van der Waals surface area contributed by atoms with E-state index in [1.54, 1.807) is 0 Å². The van der Waals surface area contributed by atoms with E-state index < -0.39 is 5.60 Å². The van der Waals surface area contributed by atoms with Gasteiger partial charge in [0.15, 0.2) is 0 Å². The third-order valence-electron chi connectivity index (χ3n) is 6.94. The maximum absolute atomic E-state index is 12.4. The van der Waals surface area contributed by atoms with E-state index in [1.807, 2.05) is 49.7 Å². The van der Waals surface area contributed by atoms with E-state index in [9.17, 15) is 4.79 Å². The van der Waals surface area contributed by atoms with E-state index in [2.05, 4.69) is 76.7 Å². The van der Waals surface area contributed by atoms with E-state index >= 15 is 0 Å². The summed E-state index contributed by atoms with van der Waals surface area (Å²) in [5.41, 5.74) is 5.44. The average molecular weight is 561 g/mol. The number of aryl methyl sites for hydroxylation is 1. The number of rotatable bonds is 11. The highest BCUT2D eigenvalue weighted by molar-refractivity contribution is 7.99. The number of aromatic nitrogens is 1. The molecule has 0 unspecified atom stereocenters. The fraction of sp³-hybridized carbons (Fsp3) is 0.455. The molecule has 1 saturated heterocycles. The van der Waals surface area contributed by atoms with Crippen LogP contribution in [-0.2, 0) is 4.74 Å². The van der Waals surface area contributed by atoms with Gasteiger partial charge in [0.2, 0.25) is 0 Å². The highest BCUT2D eigenvalue weighted by atomic mass is 32.2. The molecule has 7 heteroatoms. The molecule has 6 nitrogen and oxygen atoms in total. The molecule has 40 heavy (non-hydrogen) atoms. The predicted octanol–water partition coefficient (Wildman–Crippen LogP) is 7.88. The minimum absolute atomic E-state index is 0.214. The zero-order valence-corrected chi connectivity index (χ0v) is 25.3. The van der Waals surface area contributed by atoms with Crippen LogP contribution in [0, 0.1) is 6.92 Å². The summed E-state index contributed by atoms with van der Waals surface area (Å²) < 4.78 is 5.52. The van der Waals surface area contributed by atoms with E-state index in [1.165, 1.54) is 53.1 Å². The van der Waals surface area contributed by atoms with Crippen molar-refractivity contribution in [3.8, 4) is 11.3 Å². The van der Waals surface area contributed by atoms with Crippen LogP contribution in [0.2, 0.25) is 0 Å². The summed E-state index contributed by atoms with van der Waals surface area (Å²) in [6.45, 7) is 11.9. The Labute approximate surface area is 244 Å². The molecule has 0 atom stereocenters. The van der Waals surface area contributed by atoms with Gasteiger partial charge in [-0.15, -0.1) is 11.8 Å². The van der Waals surface area contributed by atoms with Crippen LogP contribution in [0.3, 0.4) is 0 Å². The van der Waals surface area contributed by atoms with Crippen LogP contribution in [-0.4, -0.2) is 60.1 Å². The number of carbonyl (C=O) groups is 1. The third-order valence-corrected chi connectivity index (χ3v) is 8.02. The zero-order chi connectivity index (χ0) is 28.4. The number of anilines is 2. The fourth-order valence-electron chi connectivity index (χ4n) is 4.85. The first-order valence-corrected chi connectivity index (χ1v) is 15.5. The number of ether oxygens (including phenoxy) is 1. The molecule has 1 fully saturated rings. The topological polar surface area (TPSA) is 57.7 Å². The van der Waals surface area contributed by atoms with Gasteiger partial charge >= 0.3 is 6.09 Å². The van der Waals surface area contributed by atoms with Gasteiger partial charge in [-0.2, -0.15) is 0 Å². The molecule has 3 aromatic rings. The number of carbonyl (C=O) groups excluding carboxylic acids is 1. The van der Waals surface area contributed by atoms with Crippen molar-refractivity contribution in [3.63, 3.8) is 0 Å². The second-order valence-corrected chi connectivity index (χ2v) is 12.6. The molecule has 0 aliphatic carbocycles. The number of hydrogen-bond donors (Lipinski definition) is 1. The smallest absolute Gasteiger partial charge is 0.410 e. The van der Waals surface area contributed by atoms with Crippen molar-refractivity contribution in [2.45, 2.75) is 63.9 Å². The molecule has 0 radical (unpaired) electrons. The Morgan fingerprint density at radius 1 is 0.950 bits per heavy atom. The maximum Gasteiger partial charge on any atom is 0.410 e. The molecular formula is C33H44N4O2S. The first-order chi connectivity index (χ1) is 19.3.